The monoisotopic (exact) mass is 184 g/mol. The van der Waals surface area contributed by atoms with Gasteiger partial charge in [-0.1, -0.05) is 25.4 Å². The molecule has 0 atom stereocenters. The fourth-order valence-corrected chi connectivity index (χ4v) is 1.49. The van der Waals surface area contributed by atoms with Crippen LogP contribution in [0.1, 0.15) is 25.0 Å². The summed E-state index contributed by atoms with van der Waals surface area (Å²) >= 11 is 5.77. The first-order chi connectivity index (χ1) is 5.69. The van der Waals surface area contributed by atoms with E-state index in [2.05, 4.69) is 13.8 Å². The molecule has 0 spiro atoms. The molecule has 0 fully saturated rings. The molecule has 12 heavy (non-hydrogen) atoms. The number of hydrogen-bond donors (Lipinski definition) is 1. The molecule has 1 aromatic carbocycles. The van der Waals surface area contributed by atoms with Gasteiger partial charge in [-0.05, 0) is 36.1 Å². The molecule has 2 heteroatoms. The standard InChI is InChI=1S/C10H13ClO/c1-3-7-5-9(11)10(12)6-8(7)4-2/h5-6,12H,3-4H2,1-2H3. The summed E-state index contributed by atoms with van der Waals surface area (Å²) in [6, 6.07) is 3.59. The zero-order chi connectivity index (χ0) is 9.14. The summed E-state index contributed by atoms with van der Waals surface area (Å²) in [6.07, 6.45) is 1.90. The molecule has 0 saturated carbocycles. The highest BCUT2D eigenvalue weighted by molar-refractivity contribution is 6.32. The number of halogens is 1. The highest BCUT2D eigenvalue weighted by Crippen LogP contribution is 2.27. The topological polar surface area (TPSA) is 20.2 Å². The lowest BCUT2D eigenvalue weighted by Crippen LogP contribution is -1.90. The minimum absolute atomic E-state index is 0.186. The maximum Gasteiger partial charge on any atom is 0.134 e. The molecule has 0 unspecified atom stereocenters. The van der Waals surface area contributed by atoms with E-state index in [1.807, 2.05) is 6.07 Å². The third-order valence-electron chi connectivity index (χ3n) is 2.03. The van der Waals surface area contributed by atoms with E-state index in [1.54, 1.807) is 6.07 Å². The summed E-state index contributed by atoms with van der Waals surface area (Å²) in [5.41, 5.74) is 2.40. The van der Waals surface area contributed by atoms with Gasteiger partial charge >= 0.3 is 0 Å². The van der Waals surface area contributed by atoms with Crippen LogP contribution in [0.15, 0.2) is 12.1 Å². The molecule has 1 nitrogen and oxygen atoms in total. The van der Waals surface area contributed by atoms with E-state index >= 15 is 0 Å². The van der Waals surface area contributed by atoms with Gasteiger partial charge in [-0.25, -0.2) is 0 Å². The van der Waals surface area contributed by atoms with Gasteiger partial charge in [0.25, 0.3) is 0 Å². The van der Waals surface area contributed by atoms with Crippen molar-refractivity contribution in [2.24, 2.45) is 0 Å². The van der Waals surface area contributed by atoms with Crippen molar-refractivity contribution < 1.29 is 5.11 Å². The van der Waals surface area contributed by atoms with Crippen LogP contribution >= 0.6 is 11.6 Å². The second-order valence-electron chi connectivity index (χ2n) is 2.78. The van der Waals surface area contributed by atoms with Crippen LogP contribution in [-0.4, -0.2) is 5.11 Å². The van der Waals surface area contributed by atoms with Crippen LogP contribution in [0.3, 0.4) is 0 Å². The zero-order valence-corrected chi connectivity index (χ0v) is 8.15. The van der Waals surface area contributed by atoms with Gasteiger partial charge in [0.2, 0.25) is 0 Å². The number of aryl methyl sites for hydroxylation is 2. The van der Waals surface area contributed by atoms with Crippen molar-refractivity contribution in [1.82, 2.24) is 0 Å². The van der Waals surface area contributed by atoms with Crippen molar-refractivity contribution in [2.45, 2.75) is 26.7 Å². The van der Waals surface area contributed by atoms with Crippen molar-refractivity contribution in [2.75, 3.05) is 0 Å². The Balaban J connectivity index is 3.19. The van der Waals surface area contributed by atoms with E-state index < -0.39 is 0 Å². The highest BCUT2D eigenvalue weighted by Gasteiger charge is 2.04. The molecular formula is C10H13ClO. The summed E-state index contributed by atoms with van der Waals surface area (Å²) in [7, 11) is 0. The van der Waals surface area contributed by atoms with E-state index in [-0.39, 0.29) is 5.75 Å². The summed E-state index contributed by atoms with van der Waals surface area (Å²) in [4.78, 5) is 0. The Morgan fingerprint density at radius 3 is 2.17 bits per heavy atom. The van der Waals surface area contributed by atoms with Crippen molar-refractivity contribution >= 4 is 11.6 Å². The predicted octanol–water partition coefficient (Wildman–Crippen LogP) is 3.17. The van der Waals surface area contributed by atoms with Crippen molar-refractivity contribution in [1.29, 1.82) is 0 Å². The average molecular weight is 185 g/mol. The Labute approximate surface area is 78.0 Å². The Morgan fingerprint density at radius 1 is 1.17 bits per heavy atom. The highest BCUT2D eigenvalue weighted by atomic mass is 35.5. The smallest absolute Gasteiger partial charge is 0.134 e. The fraction of sp³-hybridized carbons (Fsp3) is 0.400. The third-order valence-corrected chi connectivity index (χ3v) is 2.33. The van der Waals surface area contributed by atoms with Gasteiger partial charge in [0.15, 0.2) is 0 Å². The van der Waals surface area contributed by atoms with Crippen LogP contribution < -0.4 is 0 Å². The lowest BCUT2D eigenvalue weighted by atomic mass is 10.0. The Kier molecular flexibility index (Phi) is 2.99. The van der Waals surface area contributed by atoms with Crippen LogP contribution in [0.4, 0.5) is 0 Å². The first-order valence-corrected chi connectivity index (χ1v) is 4.57. The quantitative estimate of drug-likeness (QED) is 0.749. The SMILES string of the molecule is CCc1cc(O)c(Cl)cc1CC. The van der Waals surface area contributed by atoms with Crippen LogP contribution in [0.5, 0.6) is 5.75 Å². The number of phenolic OH excluding ortho intramolecular Hbond substituents is 1. The van der Waals surface area contributed by atoms with Crippen molar-refractivity contribution in [3.8, 4) is 5.75 Å². The molecule has 0 radical (unpaired) electrons. The zero-order valence-electron chi connectivity index (χ0n) is 7.39. The van der Waals surface area contributed by atoms with Gasteiger partial charge in [0.05, 0.1) is 5.02 Å². The maximum absolute atomic E-state index is 9.32. The van der Waals surface area contributed by atoms with Gasteiger partial charge in [0, 0.05) is 0 Å². The Morgan fingerprint density at radius 2 is 1.67 bits per heavy atom. The second kappa shape index (κ2) is 3.81. The summed E-state index contributed by atoms with van der Waals surface area (Å²) in [6.45, 7) is 4.16. The maximum atomic E-state index is 9.32. The summed E-state index contributed by atoms with van der Waals surface area (Å²) in [5, 5.41) is 9.77. The minimum Gasteiger partial charge on any atom is -0.506 e. The van der Waals surface area contributed by atoms with Crippen LogP contribution in [-0.2, 0) is 12.8 Å². The predicted molar refractivity (Wildman–Crippen MR) is 51.9 cm³/mol. The second-order valence-corrected chi connectivity index (χ2v) is 3.19. The molecule has 0 aliphatic heterocycles. The van der Waals surface area contributed by atoms with E-state index in [9.17, 15) is 5.11 Å². The normalized spacial score (nSPS) is 10.2. The van der Waals surface area contributed by atoms with E-state index in [0.717, 1.165) is 12.8 Å². The first-order valence-electron chi connectivity index (χ1n) is 4.19. The number of hydrogen-bond acceptors (Lipinski definition) is 1. The largest absolute Gasteiger partial charge is 0.506 e. The lowest BCUT2D eigenvalue weighted by Gasteiger charge is -2.07. The number of benzene rings is 1. The average Bonchev–Trinajstić information content (AvgIpc) is 2.09. The molecular weight excluding hydrogens is 172 g/mol. The van der Waals surface area contributed by atoms with Crippen LogP contribution in [0.2, 0.25) is 5.02 Å². The molecule has 66 valence electrons. The first kappa shape index (κ1) is 9.40. The van der Waals surface area contributed by atoms with E-state index in [1.165, 1.54) is 11.1 Å². The molecule has 0 aliphatic carbocycles. The van der Waals surface area contributed by atoms with Gasteiger partial charge in [-0.2, -0.15) is 0 Å². The summed E-state index contributed by atoms with van der Waals surface area (Å²) < 4.78 is 0. The summed E-state index contributed by atoms with van der Waals surface area (Å²) in [5.74, 6) is 0.186. The van der Waals surface area contributed by atoms with Crippen molar-refractivity contribution in [3.05, 3.63) is 28.3 Å². The Bertz CT molecular complexity index is 252. The molecule has 1 aromatic rings. The Hall–Kier alpha value is -0.690. The number of aromatic hydroxyl groups is 1. The molecule has 0 amide bonds. The molecule has 1 N–H and O–H groups in total. The van der Waals surface area contributed by atoms with Gasteiger partial charge in [-0.15, -0.1) is 0 Å². The van der Waals surface area contributed by atoms with Gasteiger partial charge in [-0.3, -0.25) is 0 Å². The molecule has 0 aliphatic rings. The molecule has 0 heterocycles. The number of rotatable bonds is 2. The molecule has 1 rings (SSSR count). The molecule has 0 bridgehead atoms. The van der Waals surface area contributed by atoms with Gasteiger partial charge < -0.3 is 5.11 Å². The van der Waals surface area contributed by atoms with Gasteiger partial charge in [0.1, 0.15) is 5.75 Å². The van der Waals surface area contributed by atoms with E-state index in [4.69, 9.17) is 11.6 Å². The molecule has 0 aromatic heterocycles. The van der Waals surface area contributed by atoms with Crippen LogP contribution in [0, 0.1) is 0 Å². The van der Waals surface area contributed by atoms with Crippen molar-refractivity contribution in [3.63, 3.8) is 0 Å². The molecule has 0 saturated heterocycles. The fourth-order valence-electron chi connectivity index (χ4n) is 1.30. The lowest BCUT2D eigenvalue weighted by molar-refractivity contribution is 0.474. The third kappa shape index (κ3) is 1.72. The van der Waals surface area contributed by atoms with Crippen LogP contribution in [0.25, 0.3) is 0 Å². The van der Waals surface area contributed by atoms with E-state index in [0.29, 0.717) is 5.02 Å². The number of phenols is 1. The minimum atomic E-state index is 0.186.